The van der Waals surface area contributed by atoms with Crippen LogP contribution in [0.1, 0.15) is 19.8 Å². The molecule has 0 aromatic heterocycles. The van der Waals surface area contributed by atoms with Crippen LogP contribution in [0.25, 0.3) is 0 Å². The molecule has 1 saturated heterocycles. The number of esters is 1. The lowest BCUT2D eigenvalue weighted by Crippen LogP contribution is -2.53. The van der Waals surface area contributed by atoms with Crippen LogP contribution in [-0.4, -0.2) is 68.2 Å². The highest BCUT2D eigenvalue weighted by Crippen LogP contribution is 2.10. The molecule has 1 aliphatic heterocycles. The van der Waals surface area contributed by atoms with E-state index in [0.29, 0.717) is 25.9 Å². The monoisotopic (exact) mass is 301 g/mol. The second-order valence-electron chi connectivity index (χ2n) is 4.83. The fourth-order valence-electron chi connectivity index (χ4n) is 2.12. The Morgan fingerprint density at radius 3 is 2.48 bits per heavy atom. The molecule has 0 bridgehead atoms. The maximum atomic E-state index is 11.8. The van der Waals surface area contributed by atoms with E-state index in [1.807, 2.05) is 0 Å². The van der Waals surface area contributed by atoms with Gasteiger partial charge in [0.2, 0.25) is 11.8 Å². The summed E-state index contributed by atoms with van der Waals surface area (Å²) in [6, 6.07) is -1.40. The Balaban J connectivity index is 2.36. The number of carbonyl (C=O) groups is 3. The van der Waals surface area contributed by atoms with Crippen molar-refractivity contribution in [3.8, 4) is 0 Å². The lowest BCUT2D eigenvalue weighted by atomic mass is 10.0. The number of piperidine rings is 1. The van der Waals surface area contributed by atoms with Crippen LogP contribution >= 0.6 is 0 Å². The van der Waals surface area contributed by atoms with Gasteiger partial charge in [-0.2, -0.15) is 0 Å². The molecular weight excluding hydrogens is 278 g/mol. The van der Waals surface area contributed by atoms with Crippen molar-refractivity contribution >= 4 is 17.8 Å². The van der Waals surface area contributed by atoms with Gasteiger partial charge in [0.15, 0.2) is 6.04 Å². The van der Waals surface area contributed by atoms with Crippen molar-refractivity contribution in [2.75, 3.05) is 33.4 Å². The van der Waals surface area contributed by atoms with E-state index in [1.54, 1.807) is 11.8 Å². The summed E-state index contributed by atoms with van der Waals surface area (Å²) < 4.78 is 9.50. The summed E-state index contributed by atoms with van der Waals surface area (Å²) in [6.45, 7) is 2.98. The number of nitrogens with zero attached hydrogens (tertiary/aromatic N) is 1. The number of ether oxygens (including phenoxy) is 2. The highest BCUT2D eigenvalue weighted by Gasteiger charge is 2.28. The molecule has 21 heavy (non-hydrogen) atoms. The zero-order valence-electron chi connectivity index (χ0n) is 12.5. The van der Waals surface area contributed by atoms with E-state index in [4.69, 9.17) is 15.2 Å². The zero-order chi connectivity index (χ0) is 15.8. The van der Waals surface area contributed by atoms with Gasteiger partial charge < -0.3 is 25.4 Å². The van der Waals surface area contributed by atoms with Crippen LogP contribution in [0.15, 0.2) is 0 Å². The van der Waals surface area contributed by atoms with Gasteiger partial charge in [-0.1, -0.05) is 0 Å². The maximum Gasteiger partial charge on any atom is 0.332 e. The quantitative estimate of drug-likeness (QED) is 0.462. The van der Waals surface area contributed by atoms with Crippen LogP contribution in [0.3, 0.4) is 0 Å². The maximum absolute atomic E-state index is 11.8. The molecule has 3 N–H and O–H groups in total. The van der Waals surface area contributed by atoms with Crippen molar-refractivity contribution in [1.29, 1.82) is 0 Å². The first-order chi connectivity index (χ1) is 9.99. The van der Waals surface area contributed by atoms with E-state index in [0.717, 1.165) is 0 Å². The standard InChI is InChI=1S/C13H23N3O5/c1-3-21-13(19)11(14)12(18)15-9-4-6-16(7-5-9)10(17)8-20-2/h9,11H,3-8,14H2,1-2H3,(H,15,18). The summed E-state index contributed by atoms with van der Waals surface area (Å²) in [6.07, 6.45) is 1.24. The number of hydrogen-bond acceptors (Lipinski definition) is 6. The minimum atomic E-state index is -1.31. The van der Waals surface area contributed by atoms with Crippen LogP contribution in [-0.2, 0) is 23.9 Å². The molecule has 1 atom stereocenters. The van der Waals surface area contributed by atoms with E-state index in [9.17, 15) is 14.4 Å². The highest BCUT2D eigenvalue weighted by atomic mass is 16.5. The summed E-state index contributed by atoms with van der Waals surface area (Å²) in [7, 11) is 1.47. The van der Waals surface area contributed by atoms with E-state index in [-0.39, 0.29) is 25.2 Å². The van der Waals surface area contributed by atoms with Gasteiger partial charge in [0.1, 0.15) is 6.61 Å². The van der Waals surface area contributed by atoms with Crippen LogP contribution in [0.4, 0.5) is 0 Å². The number of rotatable bonds is 6. The zero-order valence-corrected chi connectivity index (χ0v) is 12.5. The van der Waals surface area contributed by atoms with E-state index < -0.39 is 17.9 Å². The fraction of sp³-hybridized carbons (Fsp3) is 0.769. The first kappa shape index (κ1) is 17.4. The van der Waals surface area contributed by atoms with Gasteiger partial charge >= 0.3 is 5.97 Å². The molecule has 2 amide bonds. The topological polar surface area (TPSA) is 111 Å². The Morgan fingerprint density at radius 1 is 1.33 bits per heavy atom. The van der Waals surface area contributed by atoms with E-state index >= 15 is 0 Å². The number of hydrogen-bond donors (Lipinski definition) is 2. The average Bonchev–Trinajstić information content (AvgIpc) is 2.47. The molecular formula is C13H23N3O5. The molecule has 120 valence electrons. The van der Waals surface area contributed by atoms with Crippen LogP contribution in [0.5, 0.6) is 0 Å². The van der Waals surface area contributed by atoms with Crippen molar-refractivity contribution in [3.05, 3.63) is 0 Å². The Morgan fingerprint density at radius 2 is 1.95 bits per heavy atom. The Hall–Kier alpha value is -1.67. The predicted octanol–water partition coefficient (Wildman–Crippen LogP) is -1.37. The van der Waals surface area contributed by atoms with Gasteiger partial charge in [-0.25, -0.2) is 4.79 Å². The minimum Gasteiger partial charge on any atom is -0.464 e. The summed E-state index contributed by atoms with van der Waals surface area (Å²) in [4.78, 5) is 36.5. The van der Waals surface area contributed by atoms with Crippen LogP contribution in [0, 0.1) is 0 Å². The molecule has 0 aromatic carbocycles. The molecule has 0 radical (unpaired) electrons. The number of methoxy groups -OCH3 is 1. The fourth-order valence-corrected chi connectivity index (χ4v) is 2.12. The molecule has 1 aliphatic rings. The normalized spacial score (nSPS) is 17.2. The molecule has 0 spiro atoms. The predicted molar refractivity (Wildman–Crippen MR) is 74.2 cm³/mol. The van der Waals surface area contributed by atoms with E-state index in [2.05, 4.69) is 5.32 Å². The number of nitrogens with one attached hydrogen (secondary N) is 1. The van der Waals surface area contributed by atoms with Gasteiger partial charge in [-0.05, 0) is 19.8 Å². The third-order valence-electron chi connectivity index (χ3n) is 3.28. The molecule has 8 heteroatoms. The van der Waals surface area contributed by atoms with Crippen molar-refractivity contribution in [2.45, 2.75) is 31.8 Å². The number of carbonyl (C=O) groups excluding carboxylic acids is 3. The third kappa shape index (κ3) is 5.31. The van der Waals surface area contributed by atoms with E-state index in [1.165, 1.54) is 7.11 Å². The first-order valence-electron chi connectivity index (χ1n) is 6.98. The molecule has 0 saturated carbocycles. The molecule has 1 rings (SSSR count). The number of likely N-dealkylation sites (tertiary alicyclic amines) is 1. The second-order valence-corrected chi connectivity index (χ2v) is 4.83. The number of amides is 2. The molecule has 0 aromatic rings. The Labute approximate surface area is 123 Å². The first-order valence-corrected chi connectivity index (χ1v) is 6.98. The smallest absolute Gasteiger partial charge is 0.332 e. The lowest BCUT2D eigenvalue weighted by molar-refractivity contribution is -0.148. The van der Waals surface area contributed by atoms with Crippen molar-refractivity contribution < 1.29 is 23.9 Å². The van der Waals surface area contributed by atoms with Gasteiger partial charge in [-0.15, -0.1) is 0 Å². The molecule has 1 heterocycles. The second kappa shape index (κ2) is 8.58. The average molecular weight is 301 g/mol. The summed E-state index contributed by atoms with van der Waals surface area (Å²) in [5.74, 6) is -1.34. The third-order valence-corrected chi connectivity index (χ3v) is 3.28. The lowest BCUT2D eigenvalue weighted by Gasteiger charge is -2.32. The van der Waals surface area contributed by atoms with Gasteiger partial charge in [0.25, 0.3) is 0 Å². The van der Waals surface area contributed by atoms with Crippen molar-refractivity contribution in [1.82, 2.24) is 10.2 Å². The minimum absolute atomic E-state index is 0.0603. The summed E-state index contributed by atoms with van der Waals surface area (Å²) >= 11 is 0. The van der Waals surface area contributed by atoms with Crippen molar-refractivity contribution in [3.63, 3.8) is 0 Å². The SMILES string of the molecule is CCOC(=O)C(N)C(=O)NC1CCN(C(=O)COC)CC1. The molecule has 1 unspecified atom stereocenters. The van der Waals surface area contributed by atoms with Gasteiger partial charge in [-0.3, -0.25) is 9.59 Å². The van der Waals surface area contributed by atoms with Crippen LogP contribution < -0.4 is 11.1 Å². The Kier molecular flexibility index (Phi) is 7.10. The highest BCUT2D eigenvalue weighted by molar-refractivity contribution is 6.01. The van der Waals surface area contributed by atoms with Crippen LogP contribution in [0.2, 0.25) is 0 Å². The molecule has 8 nitrogen and oxygen atoms in total. The number of nitrogens with two attached hydrogens (primary N) is 1. The Bertz CT molecular complexity index is 380. The van der Waals surface area contributed by atoms with Gasteiger partial charge in [0, 0.05) is 26.2 Å². The molecule has 1 fully saturated rings. The summed E-state index contributed by atoms with van der Waals surface area (Å²) in [5.41, 5.74) is 5.51. The van der Waals surface area contributed by atoms with Crippen molar-refractivity contribution in [2.24, 2.45) is 5.73 Å². The van der Waals surface area contributed by atoms with Gasteiger partial charge in [0.05, 0.1) is 6.61 Å². The molecule has 0 aliphatic carbocycles. The summed E-state index contributed by atoms with van der Waals surface area (Å²) in [5, 5.41) is 2.72. The largest absolute Gasteiger partial charge is 0.464 e.